The number of thioether (sulfide) groups is 1. The summed E-state index contributed by atoms with van der Waals surface area (Å²) in [5.74, 6) is -0.0498. The van der Waals surface area contributed by atoms with E-state index < -0.39 is 5.91 Å². The number of nitrogens with one attached hydrogen (secondary N) is 1. The van der Waals surface area contributed by atoms with Gasteiger partial charge in [-0.15, -0.1) is 0 Å². The van der Waals surface area contributed by atoms with Crippen molar-refractivity contribution in [2.24, 2.45) is 0 Å². The van der Waals surface area contributed by atoms with E-state index in [2.05, 4.69) is 11.4 Å². The topological polar surface area (TPSA) is 86.7 Å². The largest absolute Gasteiger partial charge is 0.392 e. The summed E-state index contributed by atoms with van der Waals surface area (Å²) in [6.45, 7) is 1.38. The van der Waals surface area contributed by atoms with E-state index in [1.54, 1.807) is 30.3 Å². The highest BCUT2D eigenvalue weighted by Crippen LogP contribution is 2.31. The molecule has 0 bridgehead atoms. The molecule has 2 saturated heterocycles. The van der Waals surface area contributed by atoms with Crippen LogP contribution in [-0.2, 0) is 11.4 Å². The second-order valence-corrected chi connectivity index (χ2v) is 8.41. The fourth-order valence-corrected chi connectivity index (χ4v) is 4.63. The third-order valence-electron chi connectivity index (χ3n) is 5.54. The van der Waals surface area contributed by atoms with E-state index in [-0.39, 0.29) is 17.8 Å². The molecule has 2 aliphatic heterocycles. The number of rotatable bonds is 4. The van der Waals surface area contributed by atoms with Gasteiger partial charge in [0.1, 0.15) is 0 Å². The van der Waals surface area contributed by atoms with Gasteiger partial charge in [-0.1, -0.05) is 36.4 Å². The summed E-state index contributed by atoms with van der Waals surface area (Å²) in [6.07, 6.45) is 3.38. The quantitative estimate of drug-likeness (QED) is 0.737. The maximum atomic E-state index is 12.9. The number of imide groups is 1. The summed E-state index contributed by atoms with van der Waals surface area (Å²) < 4.78 is 0. The number of benzene rings is 2. The number of carbonyl (C=O) groups excluding carboxylic acids is 3. The van der Waals surface area contributed by atoms with Crippen LogP contribution in [0, 0.1) is 0 Å². The monoisotopic (exact) mass is 422 g/mol. The molecule has 0 aromatic heterocycles. The van der Waals surface area contributed by atoms with Crippen molar-refractivity contribution in [1.82, 2.24) is 10.2 Å². The van der Waals surface area contributed by atoms with E-state index >= 15 is 0 Å². The summed E-state index contributed by atoms with van der Waals surface area (Å²) in [5.41, 5.74) is 3.50. The van der Waals surface area contributed by atoms with Crippen LogP contribution >= 0.6 is 11.8 Å². The van der Waals surface area contributed by atoms with Gasteiger partial charge in [-0.25, -0.2) is 0 Å². The molecule has 2 N–H and O–H groups in total. The zero-order valence-corrected chi connectivity index (χ0v) is 17.2. The zero-order valence-electron chi connectivity index (χ0n) is 16.3. The lowest BCUT2D eigenvalue weighted by Crippen LogP contribution is -2.38. The molecule has 2 aromatic rings. The lowest BCUT2D eigenvalue weighted by molar-refractivity contribution is -0.115. The third-order valence-corrected chi connectivity index (χ3v) is 6.36. The highest BCUT2D eigenvalue weighted by molar-refractivity contribution is 8.18. The van der Waals surface area contributed by atoms with E-state index in [0.29, 0.717) is 29.5 Å². The highest BCUT2D eigenvalue weighted by atomic mass is 32.2. The third kappa shape index (κ3) is 4.32. The van der Waals surface area contributed by atoms with Gasteiger partial charge in [0.25, 0.3) is 17.1 Å². The standard InChI is InChI=1S/C23H22N2O4S/c26-14-18-3-1-2-4-19(18)16-9-11-25(12-10-16)22(28)17-7-5-15(6-8-17)13-20-21(27)24-23(29)30-20/h1-8,13,16,26H,9-12,14H2,(H,24,27,29)/b20-13+. The lowest BCUT2D eigenvalue weighted by atomic mass is 9.86. The van der Waals surface area contributed by atoms with Crippen LogP contribution in [0.15, 0.2) is 53.4 Å². The fourth-order valence-electron chi connectivity index (χ4n) is 3.95. The first-order chi connectivity index (χ1) is 14.5. The van der Waals surface area contributed by atoms with E-state index in [0.717, 1.165) is 35.7 Å². The van der Waals surface area contributed by atoms with E-state index in [9.17, 15) is 19.5 Å². The molecular formula is C23H22N2O4S. The number of aliphatic hydroxyl groups excluding tert-OH is 1. The smallest absolute Gasteiger partial charge is 0.290 e. The Kier molecular flexibility index (Phi) is 6.01. The van der Waals surface area contributed by atoms with Gasteiger partial charge in [0.15, 0.2) is 0 Å². The van der Waals surface area contributed by atoms with Gasteiger partial charge in [0.05, 0.1) is 11.5 Å². The number of piperidine rings is 1. The molecule has 2 fully saturated rings. The Bertz CT molecular complexity index is 1010. The van der Waals surface area contributed by atoms with Gasteiger partial charge in [0, 0.05) is 18.7 Å². The Morgan fingerprint density at radius 2 is 1.80 bits per heavy atom. The molecule has 6 nitrogen and oxygen atoms in total. The minimum absolute atomic E-state index is 0.00809. The number of hydrogen-bond acceptors (Lipinski definition) is 5. The average Bonchev–Trinajstić information content (AvgIpc) is 3.10. The maximum Gasteiger partial charge on any atom is 0.290 e. The lowest BCUT2D eigenvalue weighted by Gasteiger charge is -2.33. The van der Waals surface area contributed by atoms with Crippen molar-refractivity contribution in [2.45, 2.75) is 25.4 Å². The maximum absolute atomic E-state index is 12.9. The van der Waals surface area contributed by atoms with Crippen LogP contribution in [0.25, 0.3) is 6.08 Å². The van der Waals surface area contributed by atoms with Gasteiger partial charge in [-0.2, -0.15) is 0 Å². The molecule has 7 heteroatoms. The van der Waals surface area contributed by atoms with Crippen LogP contribution in [0.2, 0.25) is 0 Å². The zero-order chi connectivity index (χ0) is 21.1. The van der Waals surface area contributed by atoms with E-state index in [1.165, 1.54) is 5.56 Å². The van der Waals surface area contributed by atoms with Gasteiger partial charge < -0.3 is 10.0 Å². The molecule has 2 heterocycles. The minimum atomic E-state index is -0.393. The molecule has 30 heavy (non-hydrogen) atoms. The van der Waals surface area contributed by atoms with Crippen molar-refractivity contribution in [2.75, 3.05) is 13.1 Å². The van der Waals surface area contributed by atoms with Crippen molar-refractivity contribution in [1.29, 1.82) is 0 Å². The van der Waals surface area contributed by atoms with Gasteiger partial charge >= 0.3 is 0 Å². The van der Waals surface area contributed by atoms with Crippen molar-refractivity contribution in [3.8, 4) is 0 Å². The number of likely N-dealkylation sites (tertiary alicyclic amines) is 1. The Morgan fingerprint density at radius 1 is 1.10 bits per heavy atom. The number of aliphatic hydroxyl groups is 1. The van der Waals surface area contributed by atoms with E-state index in [4.69, 9.17) is 0 Å². The first kappa shape index (κ1) is 20.4. The van der Waals surface area contributed by atoms with Gasteiger partial charge in [0.2, 0.25) is 0 Å². The Hall–Kier alpha value is -2.90. The van der Waals surface area contributed by atoms with Crippen molar-refractivity contribution in [3.63, 3.8) is 0 Å². The molecule has 0 atom stereocenters. The van der Waals surface area contributed by atoms with Gasteiger partial charge in [-0.05, 0) is 65.4 Å². The molecule has 0 radical (unpaired) electrons. The molecule has 2 aliphatic rings. The molecule has 0 aliphatic carbocycles. The molecule has 154 valence electrons. The summed E-state index contributed by atoms with van der Waals surface area (Å²) in [7, 11) is 0. The highest BCUT2D eigenvalue weighted by Gasteiger charge is 2.26. The first-order valence-corrected chi connectivity index (χ1v) is 10.7. The van der Waals surface area contributed by atoms with Crippen LogP contribution in [0.3, 0.4) is 0 Å². The van der Waals surface area contributed by atoms with Crippen LogP contribution in [-0.4, -0.2) is 40.1 Å². The Balaban J connectivity index is 1.39. The number of amides is 3. The molecule has 0 saturated carbocycles. The summed E-state index contributed by atoms with van der Waals surface area (Å²) in [6, 6.07) is 15.0. The second kappa shape index (κ2) is 8.85. The predicted molar refractivity (Wildman–Crippen MR) is 116 cm³/mol. The number of nitrogens with zero attached hydrogens (tertiary/aromatic N) is 1. The van der Waals surface area contributed by atoms with Crippen LogP contribution < -0.4 is 5.32 Å². The normalized spacial score (nSPS) is 18.7. The Labute approximate surface area is 179 Å². The fraction of sp³-hybridized carbons (Fsp3) is 0.261. The second-order valence-electron chi connectivity index (χ2n) is 7.40. The van der Waals surface area contributed by atoms with Gasteiger partial charge in [-0.3, -0.25) is 19.7 Å². The average molecular weight is 423 g/mol. The van der Waals surface area contributed by atoms with Crippen LogP contribution in [0.5, 0.6) is 0 Å². The summed E-state index contributed by atoms with van der Waals surface area (Å²) in [4.78, 5) is 38.0. The summed E-state index contributed by atoms with van der Waals surface area (Å²) >= 11 is 0.873. The van der Waals surface area contributed by atoms with Crippen molar-refractivity contribution < 1.29 is 19.5 Å². The SMILES string of the molecule is O=C1NC(=O)/C(=C\c2ccc(C(=O)N3CCC(c4ccccc4CO)CC3)cc2)S1. The number of carbonyl (C=O) groups is 3. The summed E-state index contributed by atoms with van der Waals surface area (Å²) in [5, 5.41) is 11.4. The molecule has 3 amide bonds. The van der Waals surface area contributed by atoms with Crippen LogP contribution in [0.4, 0.5) is 4.79 Å². The van der Waals surface area contributed by atoms with Crippen molar-refractivity contribution >= 4 is 34.9 Å². The Morgan fingerprint density at radius 3 is 2.43 bits per heavy atom. The predicted octanol–water partition coefficient (Wildman–Crippen LogP) is 3.52. The van der Waals surface area contributed by atoms with E-state index in [1.807, 2.05) is 23.1 Å². The molecule has 4 rings (SSSR count). The molecule has 0 spiro atoms. The molecule has 2 aromatic carbocycles. The molecular weight excluding hydrogens is 400 g/mol. The van der Waals surface area contributed by atoms with Crippen LogP contribution in [0.1, 0.15) is 45.8 Å². The first-order valence-electron chi connectivity index (χ1n) is 9.88. The molecule has 0 unspecified atom stereocenters. The van der Waals surface area contributed by atoms with Crippen molar-refractivity contribution in [3.05, 3.63) is 75.7 Å². The minimum Gasteiger partial charge on any atom is -0.392 e. The number of hydrogen-bond donors (Lipinski definition) is 2.